The number of carbonyl (C=O) groups excluding carboxylic acids is 2. The second-order valence-electron chi connectivity index (χ2n) is 5.83. The normalized spacial score (nSPS) is 17.9. The van der Waals surface area contributed by atoms with Crippen LogP contribution in [-0.2, 0) is 27.8 Å². The molecule has 32 heavy (non-hydrogen) atoms. The first kappa shape index (κ1) is 33.4. The van der Waals surface area contributed by atoms with Crippen LogP contribution in [0.1, 0.15) is 0 Å². The Kier molecular flexibility index (Phi) is 15.9. The fourth-order valence-electron chi connectivity index (χ4n) is 1.54. The van der Waals surface area contributed by atoms with Crippen LogP contribution in [0.15, 0.2) is 0 Å². The predicted molar refractivity (Wildman–Crippen MR) is 96.2 cm³/mol. The van der Waals surface area contributed by atoms with Crippen molar-refractivity contribution < 1.29 is 88.2 Å². The Morgan fingerprint density at radius 2 is 0.969 bits per heavy atom. The molecule has 18 nitrogen and oxygen atoms in total. The minimum absolute atomic E-state index is 0.906. The Hall–Kier alpha value is -0.760. The van der Waals surface area contributed by atoms with Gasteiger partial charge >= 0.3 is 15.6 Å². The van der Waals surface area contributed by atoms with E-state index in [0.29, 0.717) is 0 Å². The molecule has 0 heterocycles. The maximum atomic E-state index is 10.8. The number of carbonyl (C=O) groups is 2. The number of aliphatic hydroxyl groups is 8. The van der Waals surface area contributed by atoms with Gasteiger partial charge in [0.15, 0.2) is 11.6 Å². The standard InChI is InChI=1S/C7H15O10P.C5H11O8P/c8-1-3(9)5(11)7(13)6(12)4(10)2-17-18(14,15)16;6-1-3(7)5(9)4(8)2-13-14(10,11)12/h4-8,10-13H,1-2H2,(H2,14,15,16);4-6,8-9H,1-2H2,(H2,10,11,12)/t4-,5-,6-,7+;4-,5-/m11/s1. The fourth-order valence-corrected chi connectivity index (χ4v) is 2.24. The molecule has 0 aliphatic carbocycles. The van der Waals surface area contributed by atoms with E-state index in [4.69, 9.17) is 45.1 Å². The molecule has 0 aromatic heterocycles. The molecule has 0 fully saturated rings. The number of rotatable bonds is 14. The van der Waals surface area contributed by atoms with Gasteiger partial charge in [-0.1, -0.05) is 0 Å². The van der Waals surface area contributed by atoms with E-state index in [0.717, 1.165) is 0 Å². The molecule has 0 radical (unpaired) electrons. The van der Waals surface area contributed by atoms with E-state index in [1.54, 1.807) is 0 Å². The third-order valence-corrected chi connectivity index (χ3v) is 4.20. The zero-order valence-electron chi connectivity index (χ0n) is 16.0. The van der Waals surface area contributed by atoms with Gasteiger partial charge in [-0.15, -0.1) is 0 Å². The Morgan fingerprint density at radius 1 is 0.625 bits per heavy atom. The highest BCUT2D eigenvalue weighted by Gasteiger charge is 2.35. The smallest absolute Gasteiger partial charge is 0.388 e. The predicted octanol–water partition coefficient (Wildman–Crippen LogP) is -6.52. The summed E-state index contributed by atoms with van der Waals surface area (Å²) in [6.07, 6.45) is -12.0. The maximum absolute atomic E-state index is 10.8. The molecule has 0 bridgehead atoms. The number of ketones is 2. The first-order chi connectivity index (χ1) is 14.4. The molecule has 0 saturated carbocycles. The molecule has 0 aromatic carbocycles. The molecule has 0 aliphatic rings. The molecule has 12 N–H and O–H groups in total. The van der Waals surface area contributed by atoms with Crippen molar-refractivity contribution in [3.05, 3.63) is 0 Å². The summed E-state index contributed by atoms with van der Waals surface area (Å²) in [5.74, 6) is -2.25. The summed E-state index contributed by atoms with van der Waals surface area (Å²) < 4.78 is 28.1. The number of phosphoric ester groups is 2. The van der Waals surface area contributed by atoms with Crippen LogP contribution in [0, 0.1) is 0 Å². The lowest BCUT2D eigenvalue weighted by atomic mass is 10.0. The van der Waals surface area contributed by atoms with Crippen molar-refractivity contribution in [2.24, 2.45) is 0 Å². The second-order valence-corrected chi connectivity index (χ2v) is 8.31. The Labute approximate surface area is 179 Å². The summed E-state index contributed by atoms with van der Waals surface area (Å²) in [6.45, 7) is -3.99. The van der Waals surface area contributed by atoms with Crippen LogP contribution in [-0.4, -0.2) is 135 Å². The molecule has 0 saturated heterocycles. The lowest BCUT2D eigenvalue weighted by Gasteiger charge is -2.25. The average Bonchev–Trinajstić information content (AvgIpc) is 2.71. The quantitative estimate of drug-likeness (QED) is 0.0947. The minimum Gasteiger partial charge on any atom is -0.388 e. The zero-order chi connectivity index (χ0) is 25.9. The molecule has 0 amide bonds. The third kappa shape index (κ3) is 15.1. The van der Waals surface area contributed by atoms with Crippen molar-refractivity contribution in [1.82, 2.24) is 0 Å². The van der Waals surface area contributed by atoms with Crippen molar-refractivity contribution >= 4 is 27.2 Å². The van der Waals surface area contributed by atoms with Gasteiger partial charge in [-0.3, -0.25) is 18.6 Å². The van der Waals surface area contributed by atoms with E-state index in [-0.39, 0.29) is 0 Å². The van der Waals surface area contributed by atoms with E-state index in [2.05, 4.69) is 9.05 Å². The van der Waals surface area contributed by atoms with Gasteiger partial charge in [-0.25, -0.2) is 9.13 Å². The molecule has 20 heteroatoms. The number of phosphoric acid groups is 2. The second kappa shape index (κ2) is 15.2. The molecular weight excluding hydrogens is 494 g/mol. The minimum atomic E-state index is -4.86. The van der Waals surface area contributed by atoms with E-state index in [1.165, 1.54) is 0 Å². The number of hydrogen-bond donors (Lipinski definition) is 12. The number of hydrogen-bond acceptors (Lipinski definition) is 14. The maximum Gasteiger partial charge on any atom is 0.469 e. The van der Waals surface area contributed by atoms with E-state index in [1.807, 2.05) is 0 Å². The van der Waals surface area contributed by atoms with Gasteiger partial charge < -0.3 is 60.4 Å². The van der Waals surface area contributed by atoms with Crippen LogP contribution in [0.25, 0.3) is 0 Å². The molecular formula is C12H26O18P2. The molecule has 0 aliphatic heterocycles. The van der Waals surface area contributed by atoms with Crippen LogP contribution < -0.4 is 0 Å². The molecule has 6 atom stereocenters. The van der Waals surface area contributed by atoms with Crippen molar-refractivity contribution in [2.75, 3.05) is 26.4 Å². The summed E-state index contributed by atoms with van der Waals surface area (Å²) in [7, 11) is -9.60. The first-order valence-electron chi connectivity index (χ1n) is 8.13. The van der Waals surface area contributed by atoms with Gasteiger partial charge in [0.05, 0.1) is 13.2 Å². The highest BCUT2D eigenvalue weighted by atomic mass is 31.2. The van der Waals surface area contributed by atoms with Crippen LogP contribution in [0.3, 0.4) is 0 Å². The monoisotopic (exact) mass is 520 g/mol. The Bertz CT molecular complexity index is 658. The topological polar surface area (TPSA) is 330 Å². The van der Waals surface area contributed by atoms with Gasteiger partial charge in [-0.05, 0) is 0 Å². The molecule has 192 valence electrons. The third-order valence-electron chi connectivity index (χ3n) is 3.23. The highest BCUT2D eigenvalue weighted by Crippen LogP contribution is 2.36. The van der Waals surface area contributed by atoms with Gasteiger partial charge in [0.1, 0.15) is 49.8 Å². The van der Waals surface area contributed by atoms with E-state index >= 15 is 0 Å². The molecule has 0 rings (SSSR count). The van der Waals surface area contributed by atoms with E-state index in [9.17, 15) is 34.0 Å². The van der Waals surface area contributed by atoms with Crippen LogP contribution in [0.4, 0.5) is 0 Å². The van der Waals surface area contributed by atoms with Crippen molar-refractivity contribution in [3.63, 3.8) is 0 Å². The SMILES string of the molecule is O=C(CO)[C@@H](O)[C@H](O)COP(=O)(O)O.O=C(CO)[C@@H](O)[C@H](O)[C@H](O)[C@H](O)COP(=O)(O)O. The zero-order valence-corrected chi connectivity index (χ0v) is 17.8. The van der Waals surface area contributed by atoms with Crippen molar-refractivity contribution in [1.29, 1.82) is 0 Å². The van der Waals surface area contributed by atoms with Crippen molar-refractivity contribution in [3.8, 4) is 0 Å². The Balaban J connectivity index is 0. The summed E-state index contributed by atoms with van der Waals surface area (Å²) in [4.78, 5) is 54.4. The number of Topliss-reactive ketones (excluding diaryl/α,β-unsaturated/α-hetero) is 2. The average molecular weight is 520 g/mol. The summed E-state index contributed by atoms with van der Waals surface area (Å²) in [5, 5.41) is 71.3. The lowest BCUT2D eigenvalue weighted by molar-refractivity contribution is -0.149. The summed E-state index contributed by atoms with van der Waals surface area (Å²) in [6, 6.07) is 0. The first-order valence-corrected chi connectivity index (χ1v) is 11.2. The van der Waals surface area contributed by atoms with Crippen LogP contribution in [0.2, 0.25) is 0 Å². The van der Waals surface area contributed by atoms with E-state index < -0.39 is 90.3 Å². The summed E-state index contributed by atoms with van der Waals surface area (Å²) in [5.41, 5.74) is 0. The van der Waals surface area contributed by atoms with Crippen LogP contribution >= 0.6 is 15.6 Å². The molecule has 0 aromatic rings. The summed E-state index contributed by atoms with van der Waals surface area (Å²) >= 11 is 0. The number of aliphatic hydroxyl groups excluding tert-OH is 8. The van der Waals surface area contributed by atoms with Gasteiger partial charge in [-0.2, -0.15) is 0 Å². The largest absolute Gasteiger partial charge is 0.469 e. The molecule has 0 unspecified atom stereocenters. The fraction of sp³-hybridized carbons (Fsp3) is 0.833. The molecule has 0 spiro atoms. The highest BCUT2D eigenvalue weighted by molar-refractivity contribution is 7.46. The lowest BCUT2D eigenvalue weighted by Crippen LogP contribution is -2.49. The van der Waals surface area contributed by atoms with Crippen molar-refractivity contribution in [2.45, 2.75) is 36.6 Å². The van der Waals surface area contributed by atoms with Gasteiger partial charge in [0.2, 0.25) is 0 Å². The van der Waals surface area contributed by atoms with Gasteiger partial charge in [0.25, 0.3) is 0 Å². The van der Waals surface area contributed by atoms with Crippen LogP contribution in [0.5, 0.6) is 0 Å². The Morgan fingerprint density at radius 3 is 1.31 bits per heavy atom. The van der Waals surface area contributed by atoms with Gasteiger partial charge in [0, 0.05) is 0 Å².